The number of nitrogens with zero attached hydrogens (tertiary/aromatic N) is 4. The fourth-order valence-corrected chi connectivity index (χ4v) is 6.95. The average molecular weight is 477 g/mol. The standard InChI is InChI=1S/C24H24N6O3S/c1-32-19-7-17-13(8-27-29-17)4-18(19)28-22-21-16-3-2-12(5-20(16)34-23(21)26-11-25-22)24(31)30-9-15-6-14(30)10-33-15/h4,7-8,11-12,14-15H,2-3,5-6,9-10H2,1H3,(H,27,29)(H,25,26,28)/t12-,14+,15+/m0/s1. The van der Waals surface area contributed by atoms with Gasteiger partial charge in [0.2, 0.25) is 5.91 Å². The summed E-state index contributed by atoms with van der Waals surface area (Å²) < 4.78 is 11.3. The molecule has 1 amide bonds. The van der Waals surface area contributed by atoms with Crippen LogP contribution >= 0.6 is 11.3 Å². The molecule has 174 valence electrons. The Morgan fingerprint density at radius 1 is 1.35 bits per heavy atom. The third-order valence-corrected chi connectivity index (χ3v) is 8.55. The summed E-state index contributed by atoms with van der Waals surface area (Å²) in [7, 11) is 1.65. The summed E-state index contributed by atoms with van der Waals surface area (Å²) in [4.78, 5) is 26.7. The molecule has 0 radical (unpaired) electrons. The summed E-state index contributed by atoms with van der Waals surface area (Å²) in [5.41, 5.74) is 3.00. The Balaban J connectivity index is 1.20. The number of benzene rings is 1. The number of carbonyl (C=O) groups is 1. The van der Waals surface area contributed by atoms with E-state index in [0.717, 1.165) is 64.9 Å². The van der Waals surface area contributed by atoms with Crippen molar-refractivity contribution in [3.05, 3.63) is 35.1 Å². The third-order valence-electron chi connectivity index (χ3n) is 7.39. The molecule has 5 heterocycles. The Hall–Kier alpha value is -3.24. The van der Waals surface area contributed by atoms with Gasteiger partial charge in [-0.25, -0.2) is 9.97 Å². The molecule has 10 heteroatoms. The molecule has 1 aromatic carbocycles. The summed E-state index contributed by atoms with van der Waals surface area (Å²) in [5.74, 6) is 1.80. The van der Waals surface area contributed by atoms with Gasteiger partial charge in [-0.05, 0) is 37.3 Å². The fourth-order valence-electron chi connectivity index (χ4n) is 5.69. The van der Waals surface area contributed by atoms with Gasteiger partial charge >= 0.3 is 0 Å². The van der Waals surface area contributed by atoms with Gasteiger partial charge < -0.3 is 19.7 Å². The molecule has 1 aliphatic carbocycles. The zero-order chi connectivity index (χ0) is 22.8. The van der Waals surface area contributed by atoms with Crippen LogP contribution in [0.5, 0.6) is 5.75 Å². The predicted octanol–water partition coefficient (Wildman–Crippen LogP) is 3.42. The van der Waals surface area contributed by atoms with Crippen molar-refractivity contribution in [2.75, 3.05) is 25.6 Å². The number of rotatable bonds is 4. The fraction of sp³-hybridized carbons (Fsp3) is 0.417. The lowest BCUT2D eigenvalue weighted by atomic mass is 9.86. The largest absolute Gasteiger partial charge is 0.494 e. The second-order valence-corrected chi connectivity index (χ2v) is 10.4. The Labute approximate surface area is 199 Å². The van der Waals surface area contributed by atoms with Crippen molar-refractivity contribution in [2.24, 2.45) is 5.92 Å². The van der Waals surface area contributed by atoms with Crippen LogP contribution in [0.4, 0.5) is 11.5 Å². The molecule has 0 spiro atoms. The number of aromatic nitrogens is 4. The number of fused-ring (bicyclic) bond motifs is 6. The molecule has 2 bridgehead atoms. The van der Waals surface area contributed by atoms with Gasteiger partial charge in [-0.2, -0.15) is 5.10 Å². The van der Waals surface area contributed by atoms with Crippen molar-refractivity contribution in [1.29, 1.82) is 0 Å². The number of carbonyl (C=O) groups excluding carboxylic acids is 1. The van der Waals surface area contributed by atoms with Crippen LogP contribution in [-0.2, 0) is 22.4 Å². The second kappa shape index (κ2) is 7.64. The number of aryl methyl sites for hydroxylation is 1. The van der Waals surface area contributed by atoms with Crippen LogP contribution in [0.1, 0.15) is 23.3 Å². The molecule has 0 unspecified atom stereocenters. The number of H-pyrrole nitrogens is 1. The van der Waals surface area contributed by atoms with E-state index in [2.05, 4.69) is 30.4 Å². The average Bonchev–Trinajstić information content (AvgIpc) is 3.65. The maximum absolute atomic E-state index is 13.3. The molecule has 2 N–H and O–H groups in total. The van der Waals surface area contributed by atoms with E-state index in [4.69, 9.17) is 9.47 Å². The number of ether oxygens (including phenoxy) is 2. The lowest BCUT2D eigenvalue weighted by Crippen LogP contribution is -2.45. The Morgan fingerprint density at radius 3 is 3.12 bits per heavy atom. The molecule has 7 rings (SSSR count). The van der Waals surface area contributed by atoms with E-state index in [1.54, 1.807) is 31.0 Å². The quantitative estimate of drug-likeness (QED) is 0.465. The summed E-state index contributed by atoms with van der Waals surface area (Å²) in [5, 5.41) is 12.6. The molecule has 2 fully saturated rings. The van der Waals surface area contributed by atoms with Crippen molar-refractivity contribution in [3.63, 3.8) is 0 Å². The van der Waals surface area contributed by atoms with Crippen LogP contribution < -0.4 is 10.1 Å². The normalized spacial score (nSPS) is 23.6. The van der Waals surface area contributed by atoms with Crippen LogP contribution in [0, 0.1) is 5.92 Å². The highest BCUT2D eigenvalue weighted by Gasteiger charge is 2.43. The summed E-state index contributed by atoms with van der Waals surface area (Å²) >= 11 is 1.68. The minimum Gasteiger partial charge on any atom is -0.494 e. The third kappa shape index (κ3) is 3.08. The van der Waals surface area contributed by atoms with Crippen LogP contribution in [0.3, 0.4) is 0 Å². The highest BCUT2D eigenvalue weighted by atomic mass is 32.1. The van der Waals surface area contributed by atoms with Gasteiger partial charge in [0.1, 0.15) is 22.7 Å². The first kappa shape index (κ1) is 20.2. The van der Waals surface area contributed by atoms with Crippen molar-refractivity contribution in [1.82, 2.24) is 25.1 Å². The van der Waals surface area contributed by atoms with Gasteiger partial charge in [0.05, 0.1) is 48.6 Å². The number of hydrogen-bond acceptors (Lipinski definition) is 8. The van der Waals surface area contributed by atoms with E-state index in [0.29, 0.717) is 18.3 Å². The lowest BCUT2D eigenvalue weighted by Gasteiger charge is -2.32. The number of morpholine rings is 1. The summed E-state index contributed by atoms with van der Waals surface area (Å²) in [6, 6.07) is 4.20. The molecule has 4 aromatic rings. The van der Waals surface area contributed by atoms with E-state index in [1.165, 1.54) is 10.4 Å². The lowest BCUT2D eigenvalue weighted by molar-refractivity contribution is -0.140. The van der Waals surface area contributed by atoms with Gasteiger partial charge in [0.15, 0.2) is 0 Å². The number of likely N-dealkylation sites (tertiary alicyclic amines) is 1. The molecule has 0 saturated carbocycles. The molecule has 9 nitrogen and oxygen atoms in total. The topological polar surface area (TPSA) is 105 Å². The molecule has 34 heavy (non-hydrogen) atoms. The SMILES string of the molecule is COc1cc2[nH]ncc2cc1Nc1ncnc2sc3c(c12)CC[C@H](C(=O)N1C[C@H]2C[C@@H]1CO2)C3. The number of thiophene rings is 1. The minimum atomic E-state index is 0.0351. The molecule has 3 aliphatic rings. The highest BCUT2D eigenvalue weighted by molar-refractivity contribution is 7.19. The zero-order valence-electron chi connectivity index (χ0n) is 18.7. The molecular formula is C24H24N6O3S. The molecule has 3 atom stereocenters. The van der Waals surface area contributed by atoms with E-state index < -0.39 is 0 Å². The van der Waals surface area contributed by atoms with Gasteiger partial charge in [0.25, 0.3) is 0 Å². The van der Waals surface area contributed by atoms with Crippen LogP contribution in [-0.4, -0.2) is 63.4 Å². The Bertz CT molecular complexity index is 1430. The van der Waals surface area contributed by atoms with Crippen molar-refractivity contribution in [3.8, 4) is 5.75 Å². The Morgan fingerprint density at radius 2 is 2.29 bits per heavy atom. The highest BCUT2D eigenvalue weighted by Crippen LogP contribution is 2.42. The number of nitrogens with one attached hydrogen (secondary N) is 2. The van der Waals surface area contributed by atoms with Gasteiger partial charge in [0, 0.05) is 28.8 Å². The maximum atomic E-state index is 13.3. The first-order valence-electron chi connectivity index (χ1n) is 11.6. The van der Waals surface area contributed by atoms with E-state index in [9.17, 15) is 4.79 Å². The van der Waals surface area contributed by atoms with E-state index in [1.807, 2.05) is 12.1 Å². The maximum Gasteiger partial charge on any atom is 0.226 e. The number of amides is 1. The smallest absolute Gasteiger partial charge is 0.226 e. The summed E-state index contributed by atoms with van der Waals surface area (Å²) in [6.07, 6.45) is 7.09. The monoisotopic (exact) mass is 476 g/mol. The first-order chi connectivity index (χ1) is 16.7. The number of hydrogen-bond donors (Lipinski definition) is 2. The minimum absolute atomic E-state index is 0.0351. The molecule has 2 aliphatic heterocycles. The second-order valence-electron chi connectivity index (χ2n) is 9.32. The first-order valence-corrected chi connectivity index (χ1v) is 12.4. The molecule has 2 saturated heterocycles. The van der Waals surface area contributed by atoms with Gasteiger partial charge in [-0.1, -0.05) is 0 Å². The molecule has 3 aromatic heterocycles. The van der Waals surface area contributed by atoms with E-state index in [-0.39, 0.29) is 18.1 Å². The van der Waals surface area contributed by atoms with Gasteiger partial charge in [-0.3, -0.25) is 9.89 Å². The van der Waals surface area contributed by atoms with Crippen LogP contribution in [0.25, 0.3) is 21.1 Å². The zero-order valence-corrected chi connectivity index (χ0v) is 19.5. The van der Waals surface area contributed by atoms with E-state index >= 15 is 0 Å². The van der Waals surface area contributed by atoms with Crippen LogP contribution in [0.2, 0.25) is 0 Å². The van der Waals surface area contributed by atoms with Crippen molar-refractivity contribution in [2.45, 2.75) is 37.8 Å². The number of anilines is 2. The predicted molar refractivity (Wildman–Crippen MR) is 129 cm³/mol. The van der Waals surface area contributed by atoms with Crippen molar-refractivity contribution < 1.29 is 14.3 Å². The molecular weight excluding hydrogens is 452 g/mol. The van der Waals surface area contributed by atoms with Gasteiger partial charge in [-0.15, -0.1) is 11.3 Å². The summed E-state index contributed by atoms with van der Waals surface area (Å²) in [6.45, 7) is 1.44. The number of methoxy groups -OCH3 is 1. The number of aromatic amines is 1. The van der Waals surface area contributed by atoms with Crippen molar-refractivity contribution >= 4 is 49.9 Å². The Kier molecular flexibility index (Phi) is 4.53. The van der Waals surface area contributed by atoms with Crippen LogP contribution in [0.15, 0.2) is 24.7 Å².